The number of nitrogens with one attached hydrogen (secondary N) is 1. The van der Waals surface area contributed by atoms with E-state index in [4.69, 9.17) is 11.6 Å². The summed E-state index contributed by atoms with van der Waals surface area (Å²) < 4.78 is 1.05. The zero-order valence-electron chi connectivity index (χ0n) is 11.8. The first-order valence-electron chi connectivity index (χ1n) is 7.30. The van der Waals surface area contributed by atoms with Gasteiger partial charge in [0.2, 0.25) is 0 Å². The van der Waals surface area contributed by atoms with E-state index in [2.05, 4.69) is 47.2 Å². The molecule has 0 aromatic heterocycles. The van der Waals surface area contributed by atoms with Gasteiger partial charge in [-0.2, -0.15) is 0 Å². The third-order valence-electron chi connectivity index (χ3n) is 4.25. The number of hydrogen-bond acceptors (Lipinski definition) is 1. The van der Waals surface area contributed by atoms with E-state index in [1.807, 2.05) is 6.07 Å². The summed E-state index contributed by atoms with van der Waals surface area (Å²) in [5.41, 5.74) is 1.26. The van der Waals surface area contributed by atoms with Gasteiger partial charge in [0, 0.05) is 15.5 Å². The van der Waals surface area contributed by atoms with Crippen molar-refractivity contribution < 1.29 is 0 Å². The standard InChI is InChI=1S/C16H23BrClN/c1-3-19-16(12-6-4-11(2)5-7-12)14-9-8-13(17)10-15(14)18/h8-12,16,19H,3-7H2,1-2H3. The first kappa shape index (κ1) is 15.3. The fraction of sp³-hybridized carbons (Fsp3) is 0.625. The Morgan fingerprint density at radius 2 is 2.00 bits per heavy atom. The Balaban J connectivity index is 2.19. The molecule has 0 aliphatic heterocycles. The Hall–Kier alpha value is -0.0500. The van der Waals surface area contributed by atoms with E-state index in [1.54, 1.807) is 0 Å². The van der Waals surface area contributed by atoms with Crippen LogP contribution >= 0.6 is 27.5 Å². The molecule has 1 aliphatic rings. The Morgan fingerprint density at radius 3 is 2.58 bits per heavy atom. The van der Waals surface area contributed by atoms with Crippen LogP contribution < -0.4 is 5.32 Å². The molecular weight excluding hydrogens is 322 g/mol. The topological polar surface area (TPSA) is 12.0 Å². The number of halogens is 2. The van der Waals surface area contributed by atoms with Gasteiger partial charge in [0.15, 0.2) is 0 Å². The van der Waals surface area contributed by atoms with Gasteiger partial charge < -0.3 is 5.32 Å². The third-order valence-corrected chi connectivity index (χ3v) is 5.07. The second-order valence-electron chi connectivity index (χ2n) is 5.72. The largest absolute Gasteiger partial charge is 0.310 e. The molecule has 1 nitrogen and oxygen atoms in total. The van der Waals surface area contributed by atoms with Crippen LogP contribution in [0, 0.1) is 11.8 Å². The first-order chi connectivity index (χ1) is 9.11. The molecule has 1 fully saturated rings. The zero-order valence-corrected chi connectivity index (χ0v) is 14.1. The van der Waals surface area contributed by atoms with Crippen LogP contribution in [0.2, 0.25) is 5.02 Å². The van der Waals surface area contributed by atoms with E-state index < -0.39 is 0 Å². The predicted molar refractivity (Wildman–Crippen MR) is 86.7 cm³/mol. The van der Waals surface area contributed by atoms with Gasteiger partial charge in [-0.1, -0.05) is 60.3 Å². The van der Waals surface area contributed by atoms with Crippen LogP contribution in [-0.4, -0.2) is 6.54 Å². The molecule has 1 N–H and O–H groups in total. The minimum atomic E-state index is 0.401. The summed E-state index contributed by atoms with van der Waals surface area (Å²) in [6, 6.07) is 6.67. The average Bonchev–Trinajstić information content (AvgIpc) is 2.38. The van der Waals surface area contributed by atoms with Gasteiger partial charge in [0.1, 0.15) is 0 Å². The normalized spacial score (nSPS) is 25.3. The predicted octanol–water partition coefficient (Wildman–Crippen LogP) is 5.58. The van der Waals surface area contributed by atoms with Crippen LogP contribution in [0.1, 0.15) is 51.1 Å². The monoisotopic (exact) mass is 343 g/mol. The molecule has 19 heavy (non-hydrogen) atoms. The molecular formula is C16H23BrClN. The highest BCUT2D eigenvalue weighted by molar-refractivity contribution is 9.10. The molecule has 2 rings (SSSR count). The maximum atomic E-state index is 6.44. The molecule has 3 heteroatoms. The van der Waals surface area contributed by atoms with Crippen molar-refractivity contribution >= 4 is 27.5 Å². The minimum absolute atomic E-state index is 0.401. The van der Waals surface area contributed by atoms with E-state index in [9.17, 15) is 0 Å². The van der Waals surface area contributed by atoms with Crippen LogP contribution in [0.3, 0.4) is 0 Å². The molecule has 1 unspecified atom stereocenters. The van der Waals surface area contributed by atoms with Crippen LogP contribution in [0.4, 0.5) is 0 Å². The van der Waals surface area contributed by atoms with Crippen molar-refractivity contribution in [3.8, 4) is 0 Å². The van der Waals surface area contributed by atoms with E-state index in [-0.39, 0.29) is 0 Å². The lowest BCUT2D eigenvalue weighted by Gasteiger charge is -2.34. The van der Waals surface area contributed by atoms with Crippen molar-refractivity contribution in [1.29, 1.82) is 0 Å². The third kappa shape index (κ3) is 3.96. The highest BCUT2D eigenvalue weighted by Gasteiger charge is 2.27. The lowest BCUT2D eigenvalue weighted by Crippen LogP contribution is -2.31. The van der Waals surface area contributed by atoms with Crippen molar-refractivity contribution in [2.24, 2.45) is 11.8 Å². The summed E-state index contributed by atoms with van der Waals surface area (Å²) >= 11 is 9.92. The Bertz CT molecular complexity index is 413. The SMILES string of the molecule is CCNC(c1ccc(Br)cc1Cl)C1CCC(C)CC1. The molecule has 1 saturated carbocycles. The Kier molecular flexibility index (Phi) is 5.73. The molecule has 106 valence electrons. The average molecular weight is 345 g/mol. The van der Waals surface area contributed by atoms with E-state index in [0.29, 0.717) is 6.04 Å². The molecule has 0 spiro atoms. The van der Waals surface area contributed by atoms with Crippen molar-refractivity contribution in [3.63, 3.8) is 0 Å². The van der Waals surface area contributed by atoms with Crippen molar-refractivity contribution in [1.82, 2.24) is 5.32 Å². The fourth-order valence-corrected chi connectivity index (χ4v) is 3.91. The molecule has 0 bridgehead atoms. The maximum Gasteiger partial charge on any atom is 0.0465 e. The van der Waals surface area contributed by atoms with Crippen molar-refractivity contribution in [2.75, 3.05) is 6.54 Å². The number of hydrogen-bond donors (Lipinski definition) is 1. The second-order valence-corrected chi connectivity index (χ2v) is 7.04. The molecule has 1 atom stereocenters. The summed E-state index contributed by atoms with van der Waals surface area (Å²) in [7, 11) is 0. The highest BCUT2D eigenvalue weighted by Crippen LogP contribution is 2.39. The van der Waals surface area contributed by atoms with Crippen LogP contribution in [0.15, 0.2) is 22.7 Å². The quantitative estimate of drug-likeness (QED) is 0.752. The molecule has 0 heterocycles. The summed E-state index contributed by atoms with van der Waals surface area (Å²) in [5, 5.41) is 4.52. The van der Waals surface area contributed by atoms with Gasteiger partial charge in [-0.3, -0.25) is 0 Å². The summed E-state index contributed by atoms with van der Waals surface area (Å²) in [6.45, 7) is 5.53. The smallest absolute Gasteiger partial charge is 0.0465 e. The molecule has 1 aromatic carbocycles. The van der Waals surface area contributed by atoms with Gasteiger partial charge in [-0.15, -0.1) is 0 Å². The molecule has 1 aromatic rings. The Morgan fingerprint density at radius 1 is 1.32 bits per heavy atom. The lowest BCUT2D eigenvalue weighted by molar-refractivity contribution is 0.233. The summed E-state index contributed by atoms with van der Waals surface area (Å²) in [4.78, 5) is 0. The first-order valence-corrected chi connectivity index (χ1v) is 8.47. The van der Waals surface area contributed by atoms with E-state index in [0.717, 1.165) is 27.9 Å². The molecule has 0 radical (unpaired) electrons. The van der Waals surface area contributed by atoms with Crippen LogP contribution in [0.5, 0.6) is 0 Å². The van der Waals surface area contributed by atoms with Crippen LogP contribution in [-0.2, 0) is 0 Å². The number of rotatable bonds is 4. The van der Waals surface area contributed by atoms with Crippen molar-refractivity contribution in [3.05, 3.63) is 33.3 Å². The molecule has 1 aliphatic carbocycles. The van der Waals surface area contributed by atoms with Gasteiger partial charge >= 0.3 is 0 Å². The summed E-state index contributed by atoms with van der Waals surface area (Å²) in [6.07, 6.45) is 5.32. The minimum Gasteiger partial charge on any atom is -0.310 e. The second kappa shape index (κ2) is 7.10. The zero-order chi connectivity index (χ0) is 13.8. The van der Waals surface area contributed by atoms with E-state index in [1.165, 1.54) is 31.2 Å². The van der Waals surface area contributed by atoms with Gasteiger partial charge in [-0.25, -0.2) is 0 Å². The number of benzene rings is 1. The molecule has 0 amide bonds. The summed E-state index contributed by atoms with van der Waals surface area (Å²) in [5.74, 6) is 1.61. The maximum absolute atomic E-state index is 6.44. The Labute approximate surface area is 130 Å². The van der Waals surface area contributed by atoms with Crippen molar-refractivity contribution in [2.45, 2.75) is 45.6 Å². The lowest BCUT2D eigenvalue weighted by atomic mass is 9.77. The fourth-order valence-electron chi connectivity index (χ4n) is 3.12. The van der Waals surface area contributed by atoms with E-state index >= 15 is 0 Å². The van der Waals surface area contributed by atoms with Gasteiger partial charge in [0.05, 0.1) is 0 Å². The van der Waals surface area contributed by atoms with Gasteiger partial charge in [0.25, 0.3) is 0 Å². The highest BCUT2D eigenvalue weighted by atomic mass is 79.9. The van der Waals surface area contributed by atoms with Crippen LogP contribution in [0.25, 0.3) is 0 Å². The molecule has 0 saturated heterocycles. The van der Waals surface area contributed by atoms with Gasteiger partial charge in [-0.05, 0) is 48.9 Å².